The first kappa shape index (κ1) is 17.2. The highest BCUT2D eigenvalue weighted by molar-refractivity contribution is 7.16. The van der Waals surface area contributed by atoms with Crippen LogP contribution in [0.4, 0.5) is 18.3 Å². The SMILES string of the molecule is CN/N=C(\C=C\C(F)(F)F)c1ccc(C(=O)Nc2nccs2)s1. The number of carbonyl (C=O) groups excluding carboxylic acids is 1. The molecule has 0 unspecified atom stereocenters. The van der Waals surface area contributed by atoms with Gasteiger partial charge in [-0.05, 0) is 18.2 Å². The summed E-state index contributed by atoms with van der Waals surface area (Å²) in [6.45, 7) is 0. The fourth-order valence-electron chi connectivity index (χ4n) is 1.51. The van der Waals surface area contributed by atoms with Gasteiger partial charge in [0.05, 0.1) is 9.75 Å². The molecule has 1 amide bonds. The molecule has 0 aliphatic rings. The second-order valence-corrected chi connectivity index (χ2v) is 6.03. The van der Waals surface area contributed by atoms with Gasteiger partial charge < -0.3 is 5.43 Å². The quantitative estimate of drug-likeness (QED) is 0.634. The van der Waals surface area contributed by atoms with E-state index >= 15 is 0 Å². The molecule has 5 nitrogen and oxygen atoms in total. The van der Waals surface area contributed by atoms with Crippen molar-refractivity contribution < 1.29 is 18.0 Å². The predicted octanol–water partition coefficient (Wildman–Crippen LogP) is 3.50. The van der Waals surface area contributed by atoms with Crippen LogP contribution in [0.3, 0.4) is 0 Å². The number of halogens is 3. The Hall–Kier alpha value is -2.20. The van der Waals surface area contributed by atoms with E-state index in [1.807, 2.05) is 0 Å². The van der Waals surface area contributed by atoms with Crippen LogP contribution in [0.1, 0.15) is 14.5 Å². The third-order valence-corrected chi connectivity index (χ3v) is 4.19. The van der Waals surface area contributed by atoms with Gasteiger partial charge in [-0.25, -0.2) is 4.98 Å². The lowest BCUT2D eigenvalue weighted by Gasteiger charge is -2.01. The number of nitrogens with zero attached hydrogens (tertiary/aromatic N) is 2. The van der Waals surface area contributed by atoms with Crippen LogP contribution in [0, 0.1) is 0 Å². The van der Waals surface area contributed by atoms with Crippen LogP contribution in [0.5, 0.6) is 0 Å². The molecule has 2 aromatic heterocycles. The van der Waals surface area contributed by atoms with Gasteiger partial charge >= 0.3 is 6.18 Å². The third kappa shape index (κ3) is 5.18. The monoisotopic (exact) mass is 360 g/mol. The van der Waals surface area contributed by atoms with Crippen molar-refractivity contribution >= 4 is 39.4 Å². The summed E-state index contributed by atoms with van der Waals surface area (Å²) in [5.41, 5.74) is 2.53. The Labute approximate surface area is 137 Å². The number of anilines is 1. The Kier molecular flexibility index (Phi) is 5.50. The van der Waals surface area contributed by atoms with Gasteiger partial charge in [-0.2, -0.15) is 18.3 Å². The first-order valence-corrected chi connectivity index (χ1v) is 7.90. The molecular weight excluding hydrogens is 349 g/mol. The van der Waals surface area contributed by atoms with E-state index in [1.54, 1.807) is 11.6 Å². The molecule has 0 atom stereocenters. The molecule has 122 valence electrons. The van der Waals surface area contributed by atoms with Gasteiger partial charge in [-0.3, -0.25) is 10.1 Å². The summed E-state index contributed by atoms with van der Waals surface area (Å²) in [5, 5.41) is 8.57. The van der Waals surface area contributed by atoms with E-state index in [1.165, 1.54) is 30.5 Å². The van der Waals surface area contributed by atoms with E-state index in [0.717, 1.165) is 17.4 Å². The van der Waals surface area contributed by atoms with Crippen LogP contribution in [0.15, 0.2) is 41.0 Å². The number of carbonyl (C=O) groups is 1. The number of thiophene rings is 1. The molecule has 2 N–H and O–H groups in total. The Morgan fingerprint density at radius 1 is 1.35 bits per heavy atom. The number of alkyl halides is 3. The lowest BCUT2D eigenvalue weighted by Crippen LogP contribution is -2.09. The second-order valence-electron chi connectivity index (χ2n) is 4.05. The van der Waals surface area contributed by atoms with Crippen molar-refractivity contribution in [2.75, 3.05) is 12.4 Å². The maximum atomic E-state index is 12.3. The van der Waals surface area contributed by atoms with E-state index in [-0.39, 0.29) is 17.7 Å². The first-order valence-electron chi connectivity index (χ1n) is 6.20. The van der Waals surface area contributed by atoms with Crippen molar-refractivity contribution in [3.63, 3.8) is 0 Å². The van der Waals surface area contributed by atoms with E-state index in [0.29, 0.717) is 14.9 Å². The summed E-state index contributed by atoms with van der Waals surface area (Å²) in [6.07, 6.45) is -1.93. The van der Waals surface area contributed by atoms with Crippen molar-refractivity contribution in [1.29, 1.82) is 0 Å². The van der Waals surface area contributed by atoms with Crippen molar-refractivity contribution in [3.8, 4) is 0 Å². The van der Waals surface area contributed by atoms with Gasteiger partial charge in [0.2, 0.25) is 0 Å². The van der Waals surface area contributed by atoms with E-state index in [4.69, 9.17) is 0 Å². The molecule has 0 aliphatic carbocycles. The Morgan fingerprint density at radius 3 is 2.70 bits per heavy atom. The Morgan fingerprint density at radius 2 is 2.09 bits per heavy atom. The average Bonchev–Trinajstić information content (AvgIpc) is 3.13. The summed E-state index contributed by atoms with van der Waals surface area (Å²) in [4.78, 5) is 16.7. The van der Waals surface area contributed by atoms with Crippen LogP contribution in [-0.4, -0.2) is 29.8 Å². The van der Waals surface area contributed by atoms with Crippen LogP contribution in [0.25, 0.3) is 0 Å². The molecule has 2 rings (SSSR count). The van der Waals surface area contributed by atoms with Crippen molar-refractivity contribution in [1.82, 2.24) is 10.4 Å². The highest BCUT2D eigenvalue weighted by Crippen LogP contribution is 2.22. The lowest BCUT2D eigenvalue weighted by atomic mass is 10.2. The van der Waals surface area contributed by atoms with E-state index in [2.05, 4.69) is 20.8 Å². The smallest absolute Gasteiger partial charge is 0.313 e. The number of hydrogen-bond acceptors (Lipinski definition) is 6. The number of nitrogens with one attached hydrogen (secondary N) is 2. The van der Waals surface area contributed by atoms with Crippen LogP contribution < -0.4 is 10.7 Å². The van der Waals surface area contributed by atoms with Gasteiger partial charge in [0, 0.05) is 24.7 Å². The number of rotatable bonds is 5. The molecule has 0 aliphatic heterocycles. The molecule has 23 heavy (non-hydrogen) atoms. The fourth-order valence-corrected chi connectivity index (χ4v) is 2.90. The minimum atomic E-state index is -4.43. The minimum Gasteiger partial charge on any atom is -0.313 e. The van der Waals surface area contributed by atoms with E-state index in [9.17, 15) is 18.0 Å². The summed E-state index contributed by atoms with van der Waals surface area (Å²) < 4.78 is 36.9. The highest BCUT2D eigenvalue weighted by atomic mass is 32.1. The van der Waals surface area contributed by atoms with Gasteiger partial charge in [-0.15, -0.1) is 22.7 Å². The summed E-state index contributed by atoms with van der Waals surface area (Å²) in [6, 6.07) is 3.06. The highest BCUT2D eigenvalue weighted by Gasteiger charge is 2.22. The van der Waals surface area contributed by atoms with Gasteiger partial charge in [0.25, 0.3) is 5.91 Å². The number of hydrazone groups is 1. The molecule has 2 aromatic rings. The predicted molar refractivity (Wildman–Crippen MR) is 85.2 cm³/mol. The molecule has 0 aromatic carbocycles. The molecule has 10 heteroatoms. The molecule has 0 saturated carbocycles. The van der Waals surface area contributed by atoms with Crippen LogP contribution >= 0.6 is 22.7 Å². The number of hydrogen-bond donors (Lipinski definition) is 2. The normalized spacial score (nSPS) is 12.6. The zero-order valence-corrected chi connectivity index (χ0v) is 13.4. The van der Waals surface area contributed by atoms with Crippen molar-refractivity contribution in [2.24, 2.45) is 5.10 Å². The molecule has 0 saturated heterocycles. The summed E-state index contributed by atoms with van der Waals surface area (Å²) in [7, 11) is 1.48. The van der Waals surface area contributed by atoms with Crippen LogP contribution in [-0.2, 0) is 0 Å². The Balaban J connectivity index is 2.17. The molecular formula is C13H11F3N4OS2. The minimum absolute atomic E-state index is 0.0862. The number of amides is 1. The van der Waals surface area contributed by atoms with Gasteiger partial charge in [0.15, 0.2) is 5.13 Å². The summed E-state index contributed by atoms with van der Waals surface area (Å²) >= 11 is 2.31. The Bertz CT molecular complexity index is 720. The van der Waals surface area contributed by atoms with Crippen molar-refractivity contribution in [2.45, 2.75) is 6.18 Å². The first-order chi connectivity index (χ1) is 10.9. The molecule has 0 spiro atoms. The van der Waals surface area contributed by atoms with Gasteiger partial charge in [0.1, 0.15) is 5.71 Å². The fraction of sp³-hybridized carbons (Fsp3) is 0.154. The largest absolute Gasteiger partial charge is 0.409 e. The zero-order valence-electron chi connectivity index (χ0n) is 11.7. The molecule has 2 heterocycles. The number of aromatic nitrogens is 1. The maximum Gasteiger partial charge on any atom is 0.409 e. The standard InChI is InChI=1S/C13H11F3N4OS2/c1-17-20-8(4-5-13(14,15)16)9-2-3-10(23-9)11(21)19-12-18-6-7-22-12/h2-7,17H,1H3,(H,18,19,21)/b5-4+,20-8+. The molecule has 0 fully saturated rings. The topological polar surface area (TPSA) is 66.4 Å². The van der Waals surface area contributed by atoms with Crippen molar-refractivity contribution in [3.05, 3.63) is 45.6 Å². The number of thiazole rings is 1. The number of allylic oxidation sites excluding steroid dienone is 2. The third-order valence-electron chi connectivity index (χ3n) is 2.40. The lowest BCUT2D eigenvalue weighted by molar-refractivity contribution is -0.0797. The maximum absolute atomic E-state index is 12.3. The molecule has 0 radical (unpaired) electrons. The van der Waals surface area contributed by atoms with Gasteiger partial charge in [-0.1, -0.05) is 0 Å². The second kappa shape index (κ2) is 7.38. The van der Waals surface area contributed by atoms with Crippen LogP contribution in [0.2, 0.25) is 0 Å². The van der Waals surface area contributed by atoms with E-state index < -0.39 is 6.18 Å². The average molecular weight is 360 g/mol. The zero-order chi connectivity index (χ0) is 16.9. The summed E-state index contributed by atoms with van der Waals surface area (Å²) in [5.74, 6) is -0.375. The molecule has 0 bridgehead atoms.